The zero-order chi connectivity index (χ0) is 15.5. The summed E-state index contributed by atoms with van der Waals surface area (Å²) in [6.45, 7) is 2.20. The molecule has 1 aromatic carbocycles. The zero-order valence-electron chi connectivity index (χ0n) is 13.0. The highest BCUT2D eigenvalue weighted by Gasteiger charge is 2.18. The zero-order valence-corrected chi connectivity index (χ0v) is 13.8. The second-order valence-electron chi connectivity index (χ2n) is 5.83. The van der Waals surface area contributed by atoms with E-state index in [1.807, 2.05) is 18.3 Å². The maximum absolute atomic E-state index is 4.86. The maximum Gasteiger partial charge on any atom is 0.138 e. The van der Waals surface area contributed by atoms with Gasteiger partial charge in [-0.15, -0.1) is 11.3 Å². The van der Waals surface area contributed by atoms with Crippen LogP contribution in [0, 0.1) is 0 Å². The smallest absolute Gasteiger partial charge is 0.138 e. The molecule has 116 valence electrons. The second-order valence-corrected chi connectivity index (χ2v) is 6.68. The summed E-state index contributed by atoms with van der Waals surface area (Å²) in [7, 11) is 0. The Morgan fingerprint density at radius 2 is 1.74 bits per heavy atom. The minimum Gasteiger partial charge on any atom is -0.356 e. The number of pyridine rings is 1. The van der Waals surface area contributed by atoms with Crippen LogP contribution in [0.4, 0.5) is 5.82 Å². The van der Waals surface area contributed by atoms with Crippen molar-refractivity contribution >= 4 is 17.2 Å². The van der Waals surface area contributed by atoms with Crippen LogP contribution < -0.4 is 4.90 Å². The van der Waals surface area contributed by atoms with Crippen LogP contribution in [0.15, 0.2) is 54.0 Å². The first-order chi connectivity index (χ1) is 11.4. The molecule has 2 aromatic heterocycles. The average molecular weight is 321 g/mol. The Labute approximate surface area is 140 Å². The van der Waals surface area contributed by atoms with E-state index in [2.05, 4.69) is 45.6 Å². The number of nitrogens with zero attached hydrogens (tertiary/aromatic N) is 3. The molecule has 0 atom stereocenters. The lowest BCUT2D eigenvalue weighted by Crippen LogP contribution is -2.30. The van der Waals surface area contributed by atoms with Crippen molar-refractivity contribution in [1.29, 1.82) is 0 Å². The molecule has 0 radical (unpaired) electrons. The van der Waals surface area contributed by atoms with Gasteiger partial charge < -0.3 is 4.90 Å². The summed E-state index contributed by atoms with van der Waals surface area (Å²) in [5.74, 6) is 1.08. The van der Waals surface area contributed by atoms with Crippen LogP contribution in [-0.2, 0) is 0 Å². The third-order valence-electron chi connectivity index (χ3n) is 4.25. The molecule has 1 aliphatic heterocycles. The Hall–Kier alpha value is -2.20. The van der Waals surface area contributed by atoms with Crippen molar-refractivity contribution in [1.82, 2.24) is 9.97 Å². The number of piperidine rings is 1. The summed E-state index contributed by atoms with van der Waals surface area (Å²) in [6.07, 6.45) is 5.72. The van der Waals surface area contributed by atoms with E-state index in [1.165, 1.54) is 24.8 Å². The number of hydrogen-bond acceptors (Lipinski definition) is 4. The predicted molar refractivity (Wildman–Crippen MR) is 96.8 cm³/mol. The van der Waals surface area contributed by atoms with Crippen molar-refractivity contribution in [3.05, 3.63) is 54.0 Å². The first-order valence-electron chi connectivity index (χ1n) is 8.13. The van der Waals surface area contributed by atoms with Crippen molar-refractivity contribution in [2.75, 3.05) is 18.0 Å². The van der Waals surface area contributed by atoms with Crippen LogP contribution in [0.1, 0.15) is 19.3 Å². The standard InChI is InChI=1S/C19H19N3S/c1-3-8-15(9-4-1)17-14-23-19(21-17)16-10-7-11-20-18(16)22-12-5-2-6-13-22/h1,3-4,7-11,14H,2,5-6,12-13H2. The van der Waals surface area contributed by atoms with E-state index in [1.54, 1.807) is 11.3 Å². The minimum atomic E-state index is 1.04. The van der Waals surface area contributed by atoms with Crippen molar-refractivity contribution < 1.29 is 0 Å². The molecule has 1 fully saturated rings. The topological polar surface area (TPSA) is 29.0 Å². The van der Waals surface area contributed by atoms with E-state index in [9.17, 15) is 0 Å². The largest absolute Gasteiger partial charge is 0.356 e. The molecule has 0 unspecified atom stereocenters. The van der Waals surface area contributed by atoms with E-state index < -0.39 is 0 Å². The SMILES string of the molecule is c1ccc(-c2csc(-c3cccnc3N3CCCCC3)n2)cc1. The third kappa shape index (κ3) is 2.99. The second kappa shape index (κ2) is 6.50. The monoisotopic (exact) mass is 321 g/mol. The van der Waals surface area contributed by atoms with Gasteiger partial charge in [-0.1, -0.05) is 30.3 Å². The predicted octanol–water partition coefficient (Wildman–Crippen LogP) is 4.86. The van der Waals surface area contributed by atoms with Gasteiger partial charge in [0.2, 0.25) is 0 Å². The Morgan fingerprint density at radius 1 is 0.913 bits per heavy atom. The summed E-state index contributed by atoms with van der Waals surface area (Å²) in [4.78, 5) is 11.9. The van der Waals surface area contributed by atoms with Gasteiger partial charge in [0, 0.05) is 30.2 Å². The van der Waals surface area contributed by atoms with Gasteiger partial charge in [-0.2, -0.15) is 0 Å². The van der Waals surface area contributed by atoms with Gasteiger partial charge in [-0.25, -0.2) is 9.97 Å². The molecule has 4 heteroatoms. The lowest BCUT2D eigenvalue weighted by molar-refractivity contribution is 0.574. The minimum absolute atomic E-state index is 1.04. The lowest BCUT2D eigenvalue weighted by atomic mass is 10.1. The number of rotatable bonds is 3. The fraction of sp³-hybridized carbons (Fsp3) is 0.263. The highest BCUT2D eigenvalue weighted by atomic mass is 32.1. The van der Waals surface area contributed by atoms with Gasteiger partial charge in [0.15, 0.2) is 0 Å². The first kappa shape index (κ1) is 14.4. The highest BCUT2D eigenvalue weighted by Crippen LogP contribution is 2.34. The number of aromatic nitrogens is 2. The molecule has 1 saturated heterocycles. The normalized spacial score (nSPS) is 14.9. The van der Waals surface area contributed by atoms with Crippen LogP contribution in [0.5, 0.6) is 0 Å². The molecule has 3 heterocycles. The molecular formula is C19H19N3S. The summed E-state index contributed by atoms with van der Waals surface area (Å²) in [6, 6.07) is 14.5. The van der Waals surface area contributed by atoms with E-state index in [0.717, 1.165) is 35.2 Å². The quantitative estimate of drug-likeness (QED) is 0.689. The molecule has 0 aliphatic carbocycles. The number of thiazole rings is 1. The summed E-state index contributed by atoms with van der Waals surface area (Å²) < 4.78 is 0. The van der Waals surface area contributed by atoms with Gasteiger partial charge in [0.1, 0.15) is 10.8 Å². The molecule has 0 N–H and O–H groups in total. The fourth-order valence-electron chi connectivity index (χ4n) is 3.06. The van der Waals surface area contributed by atoms with Crippen molar-refractivity contribution in [3.8, 4) is 21.8 Å². The lowest BCUT2D eigenvalue weighted by Gasteiger charge is -2.28. The van der Waals surface area contributed by atoms with Crippen LogP contribution in [0.2, 0.25) is 0 Å². The van der Waals surface area contributed by atoms with Gasteiger partial charge >= 0.3 is 0 Å². The molecule has 3 nitrogen and oxygen atoms in total. The highest BCUT2D eigenvalue weighted by molar-refractivity contribution is 7.13. The molecule has 4 rings (SSSR count). The molecule has 0 spiro atoms. The Kier molecular flexibility index (Phi) is 4.07. The van der Waals surface area contributed by atoms with E-state index in [0.29, 0.717) is 0 Å². The summed E-state index contributed by atoms with van der Waals surface area (Å²) in [5, 5.41) is 3.19. The molecule has 1 aliphatic rings. The summed E-state index contributed by atoms with van der Waals surface area (Å²) >= 11 is 1.70. The van der Waals surface area contributed by atoms with Crippen LogP contribution in [0.25, 0.3) is 21.8 Å². The molecule has 3 aromatic rings. The Morgan fingerprint density at radius 3 is 2.57 bits per heavy atom. The van der Waals surface area contributed by atoms with Gasteiger partial charge in [0.05, 0.1) is 11.3 Å². The van der Waals surface area contributed by atoms with Crippen LogP contribution in [-0.4, -0.2) is 23.1 Å². The van der Waals surface area contributed by atoms with E-state index in [4.69, 9.17) is 4.98 Å². The maximum atomic E-state index is 4.86. The number of hydrogen-bond donors (Lipinski definition) is 0. The van der Waals surface area contributed by atoms with Gasteiger partial charge in [-0.3, -0.25) is 0 Å². The Balaban J connectivity index is 1.70. The van der Waals surface area contributed by atoms with E-state index >= 15 is 0 Å². The number of benzene rings is 1. The molecule has 0 amide bonds. The van der Waals surface area contributed by atoms with Crippen molar-refractivity contribution in [2.45, 2.75) is 19.3 Å². The van der Waals surface area contributed by atoms with Crippen molar-refractivity contribution in [3.63, 3.8) is 0 Å². The van der Waals surface area contributed by atoms with Crippen molar-refractivity contribution in [2.24, 2.45) is 0 Å². The third-order valence-corrected chi connectivity index (χ3v) is 5.12. The molecular weight excluding hydrogens is 302 g/mol. The molecule has 23 heavy (non-hydrogen) atoms. The van der Waals surface area contributed by atoms with E-state index in [-0.39, 0.29) is 0 Å². The summed E-state index contributed by atoms with van der Waals surface area (Å²) in [5.41, 5.74) is 3.36. The van der Waals surface area contributed by atoms with Gasteiger partial charge in [0.25, 0.3) is 0 Å². The fourth-order valence-corrected chi connectivity index (χ4v) is 3.91. The Bertz CT molecular complexity index is 776. The molecule has 0 bridgehead atoms. The first-order valence-corrected chi connectivity index (χ1v) is 9.01. The number of anilines is 1. The van der Waals surface area contributed by atoms with Gasteiger partial charge in [-0.05, 0) is 31.4 Å². The van der Waals surface area contributed by atoms with Crippen LogP contribution >= 0.6 is 11.3 Å². The van der Waals surface area contributed by atoms with Crippen LogP contribution in [0.3, 0.4) is 0 Å². The average Bonchev–Trinajstić information content (AvgIpc) is 3.13. The molecule has 0 saturated carbocycles.